The average molecular weight is 279 g/mol. The van der Waals surface area contributed by atoms with Crippen LogP contribution < -0.4 is 5.73 Å². The molecule has 3 aromatic rings. The number of benzene rings is 1. The molecule has 6 heteroatoms. The summed E-state index contributed by atoms with van der Waals surface area (Å²) in [6, 6.07) is 8.20. The van der Waals surface area contributed by atoms with Crippen molar-refractivity contribution in [3.05, 3.63) is 35.3 Å². The zero-order chi connectivity index (χ0) is 11.7. The SMILES string of the molecule is Nc1ncc(CSc2nc3ccccc3s2)s1. The fourth-order valence-corrected chi connectivity index (χ4v) is 4.21. The third-order valence-corrected chi connectivity index (χ3v) is 5.42. The van der Waals surface area contributed by atoms with E-state index in [1.165, 1.54) is 20.9 Å². The predicted molar refractivity (Wildman–Crippen MR) is 75.7 cm³/mol. The standard InChI is InChI=1S/C11H9N3S3/c12-10-13-5-7(16-10)6-15-11-14-8-3-1-2-4-9(8)17-11/h1-5H,6H2,(H2,12,13). The van der Waals surface area contributed by atoms with E-state index >= 15 is 0 Å². The van der Waals surface area contributed by atoms with E-state index in [-0.39, 0.29) is 0 Å². The Bertz CT molecular complexity index is 611. The molecule has 0 unspecified atom stereocenters. The first-order chi connectivity index (χ1) is 8.31. The van der Waals surface area contributed by atoms with Crippen molar-refractivity contribution in [2.24, 2.45) is 0 Å². The summed E-state index contributed by atoms with van der Waals surface area (Å²) in [7, 11) is 0. The molecule has 3 nitrogen and oxygen atoms in total. The van der Waals surface area contributed by atoms with Crippen molar-refractivity contribution in [3.63, 3.8) is 0 Å². The minimum atomic E-state index is 0.630. The topological polar surface area (TPSA) is 51.8 Å². The molecule has 0 saturated carbocycles. The van der Waals surface area contributed by atoms with Gasteiger partial charge in [-0.1, -0.05) is 23.9 Å². The van der Waals surface area contributed by atoms with Crippen LogP contribution in [0.3, 0.4) is 0 Å². The van der Waals surface area contributed by atoms with Crippen LogP contribution in [0.2, 0.25) is 0 Å². The first kappa shape index (κ1) is 11.0. The second-order valence-electron chi connectivity index (χ2n) is 3.40. The zero-order valence-corrected chi connectivity index (χ0v) is 11.2. The van der Waals surface area contributed by atoms with Crippen molar-refractivity contribution in [1.82, 2.24) is 9.97 Å². The second kappa shape index (κ2) is 4.64. The highest BCUT2D eigenvalue weighted by atomic mass is 32.2. The van der Waals surface area contributed by atoms with E-state index in [0.717, 1.165) is 15.6 Å². The van der Waals surface area contributed by atoms with Crippen LogP contribution in [0.15, 0.2) is 34.8 Å². The predicted octanol–water partition coefficient (Wildman–Crippen LogP) is 3.63. The summed E-state index contributed by atoms with van der Waals surface area (Å²) in [5, 5.41) is 0.630. The van der Waals surface area contributed by atoms with E-state index in [1.54, 1.807) is 23.1 Å². The van der Waals surface area contributed by atoms with Crippen molar-refractivity contribution < 1.29 is 0 Å². The molecule has 0 saturated heterocycles. The summed E-state index contributed by atoms with van der Waals surface area (Å²) in [6.07, 6.45) is 1.83. The lowest BCUT2D eigenvalue weighted by atomic mass is 10.3. The second-order valence-corrected chi connectivity index (χ2v) is 6.80. The Morgan fingerprint density at radius 2 is 2.12 bits per heavy atom. The Balaban J connectivity index is 1.76. The number of rotatable bonds is 3. The molecule has 0 amide bonds. The highest BCUT2D eigenvalue weighted by Crippen LogP contribution is 2.32. The van der Waals surface area contributed by atoms with Crippen molar-refractivity contribution in [2.75, 3.05) is 5.73 Å². The molecular formula is C11H9N3S3. The molecule has 0 aliphatic rings. The van der Waals surface area contributed by atoms with Crippen molar-refractivity contribution in [1.29, 1.82) is 0 Å². The van der Waals surface area contributed by atoms with E-state index in [4.69, 9.17) is 5.73 Å². The molecule has 0 aliphatic heterocycles. The Labute approximate surface area is 111 Å². The molecule has 0 aliphatic carbocycles. The normalized spacial score (nSPS) is 11.1. The molecule has 0 spiro atoms. The number of nitrogens with two attached hydrogens (primary N) is 1. The van der Waals surface area contributed by atoms with Crippen LogP contribution in [-0.4, -0.2) is 9.97 Å². The van der Waals surface area contributed by atoms with Gasteiger partial charge in [-0.2, -0.15) is 0 Å². The molecule has 0 fully saturated rings. The monoisotopic (exact) mass is 279 g/mol. The molecule has 0 radical (unpaired) electrons. The van der Waals surface area contributed by atoms with Gasteiger partial charge in [0.2, 0.25) is 0 Å². The number of nitrogens with zero attached hydrogens (tertiary/aromatic N) is 2. The average Bonchev–Trinajstić information content (AvgIpc) is 2.91. The van der Waals surface area contributed by atoms with Gasteiger partial charge in [-0.3, -0.25) is 0 Å². The lowest BCUT2D eigenvalue weighted by Gasteiger charge is -1.91. The lowest BCUT2D eigenvalue weighted by molar-refractivity contribution is 1.29. The largest absolute Gasteiger partial charge is 0.375 e. The third kappa shape index (κ3) is 2.43. The molecule has 17 heavy (non-hydrogen) atoms. The Hall–Kier alpha value is -1.11. The summed E-state index contributed by atoms with van der Waals surface area (Å²) in [5.41, 5.74) is 6.67. The molecule has 0 atom stereocenters. The molecule has 2 heterocycles. The van der Waals surface area contributed by atoms with Gasteiger partial charge in [0.1, 0.15) is 0 Å². The molecule has 3 rings (SSSR count). The molecule has 86 valence electrons. The van der Waals surface area contributed by atoms with Crippen LogP contribution in [0.25, 0.3) is 10.2 Å². The van der Waals surface area contributed by atoms with Crippen LogP contribution in [0.1, 0.15) is 4.88 Å². The highest BCUT2D eigenvalue weighted by Gasteiger charge is 2.05. The van der Waals surface area contributed by atoms with Gasteiger partial charge < -0.3 is 5.73 Å². The van der Waals surface area contributed by atoms with Crippen LogP contribution >= 0.6 is 34.4 Å². The Morgan fingerprint density at radius 3 is 2.88 bits per heavy atom. The third-order valence-electron chi connectivity index (χ3n) is 2.18. The van der Waals surface area contributed by atoms with Crippen molar-refractivity contribution in [3.8, 4) is 0 Å². The number of hydrogen-bond acceptors (Lipinski definition) is 6. The number of nitrogen functional groups attached to an aromatic ring is 1. The molecule has 1 aromatic carbocycles. The van der Waals surface area contributed by atoms with Crippen LogP contribution in [0.5, 0.6) is 0 Å². The van der Waals surface area contributed by atoms with Gasteiger partial charge in [0.15, 0.2) is 9.47 Å². The van der Waals surface area contributed by atoms with Gasteiger partial charge in [-0.15, -0.1) is 22.7 Å². The minimum absolute atomic E-state index is 0.630. The van der Waals surface area contributed by atoms with Gasteiger partial charge in [0.25, 0.3) is 0 Å². The van der Waals surface area contributed by atoms with Crippen LogP contribution in [-0.2, 0) is 5.75 Å². The number of hydrogen-bond donors (Lipinski definition) is 1. The summed E-state index contributed by atoms with van der Waals surface area (Å²) < 4.78 is 2.33. The molecular weight excluding hydrogens is 270 g/mol. The molecule has 2 N–H and O–H groups in total. The van der Waals surface area contributed by atoms with Crippen molar-refractivity contribution >= 4 is 49.8 Å². The van der Waals surface area contributed by atoms with Gasteiger partial charge in [-0.05, 0) is 12.1 Å². The molecule has 0 bridgehead atoms. The maximum atomic E-state index is 5.59. The first-order valence-electron chi connectivity index (χ1n) is 5.00. The van der Waals surface area contributed by atoms with Gasteiger partial charge in [0, 0.05) is 16.8 Å². The molecule has 2 aromatic heterocycles. The smallest absolute Gasteiger partial charge is 0.180 e. The van der Waals surface area contributed by atoms with Gasteiger partial charge >= 0.3 is 0 Å². The van der Waals surface area contributed by atoms with Crippen molar-refractivity contribution in [2.45, 2.75) is 10.1 Å². The Kier molecular flexibility index (Phi) is 3.00. The van der Waals surface area contributed by atoms with Gasteiger partial charge in [0.05, 0.1) is 10.2 Å². The lowest BCUT2D eigenvalue weighted by Crippen LogP contribution is -1.77. The summed E-state index contributed by atoms with van der Waals surface area (Å²) in [4.78, 5) is 9.79. The zero-order valence-electron chi connectivity index (χ0n) is 8.79. The van der Waals surface area contributed by atoms with Gasteiger partial charge in [-0.25, -0.2) is 9.97 Å². The van der Waals surface area contributed by atoms with E-state index in [9.17, 15) is 0 Å². The Morgan fingerprint density at radius 1 is 1.24 bits per heavy atom. The maximum absolute atomic E-state index is 5.59. The van der Waals surface area contributed by atoms with E-state index in [2.05, 4.69) is 16.0 Å². The first-order valence-corrected chi connectivity index (χ1v) is 7.62. The number of thioether (sulfide) groups is 1. The number of thiazole rings is 2. The number of aromatic nitrogens is 2. The quantitative estimate of drug-likeness (QED) is 0.744. The van der Waals surface area contributed by atoms with E-state index in [0.29, 0.717) is 5.13 Å². The number of para-hydroxylation sites is 1. The summed E-state index contributed by atoms with van der Waals surface area (Å²) in [5.74, 6) is 0.884. The number of anilines is 1. The minimum Gasteiger partial charge on any atom is -0.375 e. The summed E-state index contributed by atoms with van der Waals surface area (Å²) >= 11 is 5.00. The summed E-state index contributed by atoms with van der Waals surface area (Å²) in [6.45, 7) is 0. The maximum Gasteiger partial charge on any atom is 0.180 e. The number of fused-ring (bicyclic) bond motifs is 1. The van der Waals surface area contributed by atoms with E-state index in [1.807, 2.05) is 24.4 Å². The fourth-order valence-electron chi connectivity index (χ4n) is 1.44. The van der Waals surface area contributed by atoms with E-state index < -0.39 is 0 Å². The van der Waals surface area contributed by atoms with Crippen LogP contribution in [0, 0.1) is 0 Å². The highest BCUT2D eigenvalue weighted by molar-refractivity contribution is 8.00. The van der Waals surface area contributed by atoms with Crippen LogP contribution in [0.4, 0.5) is 5.13 Å². The fraction of sp³-hybridized carbons (Fsp3) is 0.0909.